The molecule has 6 nitrogen and oxygen atoms in total. The first-order valence-corrected chi connectivity index (χ1v) is 10.3. The van der Waals surface area contributed by atoms with Crippen LogP contribution in [0.2, 0.25) is 0 Å². The number of halogens is 1. The van der Waals surface area contributed by atoms with E-state index in [1.165, 1.54) is 12.4 Å². The van der Waals surface area contributed by atoms with E-state index in [9.17, 15) is 0 Å². The van der Waals surface area contributed by atoms with Crippen molar-refractivity contribution in [1.29, 1.82) is 0 Å². The van der Waals surface area contributed by atoms with Crippen molar-refractivity contribution in [1.82, 2.24) is 14.8 Å². The second kappa shape index (κ2) is 7.23. The highest BCUT2D eigenvalue weighted by Gasteiger charge is 2.41. The Balaban J connectivity index is 1.64. The van der Waals surface area contributed by atoms with Crippen LogP contribution in [-0.2, 0) is 0 Å². The Labute approximate surface area is 183 Å². The molecule has 0 bridgehead atoms. The maximum absolute atomic E-state index is 15.1. The van der Waals surface area contributed by atoms with Crippen LogP contribution >= 0.6 is 0 Å². The van der Waals surface area contributed by atoms with E-state index in [4.69, 9.17) is 9.47 Å². The zero-order chi connectivity index (χ0) is 21.7. The van der Waals surface area contributed by atoms with Crippen LogP contribution < -0.4 is 14.8 Å². The fourth-order valence-corrected chi connectivity index (χ4v) is 4.49. The Hall–Kier alpha value is -4.13. The number of aromatic nitrogens is 3. The Kier molecular flexibility index (Phi) is 4.21. The molecular weight excluding hydrogens is 407 g/mol. The summed E-state index contributed by atoms with van der Waals surface area (Å²) in [5, 5.41) is 7.84. The average Bonchev–Trinajstić information content (AvgIpc) is 3.31. The molecule has 32 heavy (non-hydrogen) atoms. The number of nitrogens with zero attached hydrogens (tertiary/aromatic N) is 3. The van der Waals surface area contributed by atoms with E-state index in [2.05, 4.69) is 15.4 Å². The highest BCUT2D eigenvalue weighted by atomic mass is 19.1. The largest absolute Gasteiger partial charge is 0.497 e. The van der Waals surface area contributed by atoms with Crippen LogP contribution in [0, 0.1) is 5.82 Å². The van der Waals surface area contributed by atoms with E-state index < -0.39 is 12.1 Å². The summed E-state index contributed by atoms with van der Waals surface area (Å²) >= 11 is 0. The minimum absolute atomic E-state index is 0.309. The van der Waals surface area contributed by atoms with Crippen LogP contribution in [0.5, 0.6) is 11.5 Å². The van der Waals surface area contributed by atoms with E-state index in [0.29, 0.717) is 11.5 Å². The van der Waals surface area contributed by atoms with Crippen LogP contribution in [0.1, 0.15) is 28.8 Å². The third-order valence-corrected chi connectivity index (χ3v) is 5.92. The summed E-state index contributed by atoms with van der Waals surface area (Å²) in [6.07, 6.45) is 0.992. The minimum atomic E-state index is -0.533. The molecule has 0 saturated carbocycles. The summed E-state index contributed by atoms with van der Waals surface area (Å²) in [4.78, 5) is 4.37. The second-order valence-electron chi connectivity index (χ2n) is 7.68. The predicted molar refractivity (Wildman–Crippen MR) is 118 cm³/mol. The molecule has 0 fully saturated rings. The van der Waals surface area contributed by atoms with Gasteiger partial charge in [0.1, 0.15) is 35.8 Å². The highest BCUT2D eigenvalue weighted by molar-refractivity contribution is 5.85. The lowest BCUT2D eigenvalue weighted by Gasteiger charge is -2.39. The first kappa shape index (κ1) is 18.6. The number of fused-ring (bicyclic) bond motifs is 3. The van der Waals surface area contributed by atoms with E-state index in [1.54, 1.807) is 23.9 Å². The predicted octanol–water partition coefficient (Wildman–Crippen LogP) is 4.99. The van der Waals surface area contributed by atoms with E-state index in [-0.39, 0.29) is 5.82 Å². The van der Waals surface area contributed by atoms with Gasteiger partial charge in [0.2, 0.25) is 5.95 Å². The third-order valence-electron chi connectivity index (χ3n) is 5.92. The molecule has 4 aromatic rings. The Morgan fingerprint density at radius 2 is 1.88 bits per heavy atom. The zero-order valence-corrected chi connectivity index (χ0v) is 17.2. The van der Waals surface area contributed by atoms with Crippen molar-refractivity contribution >= 4 is 11.6 Å². The van der Waals surface area contributed by atoms with E-state index in [0.717, 1.165) is 33.9 Å². The molecule has 0 unspecified atom stereocenters. The van der Waals surface area contributed by atoms with Crippen molar-refractivity contribution in [3.8, 4) is 11.5 Å². The minimum Gasteiger partial charge on any atom is -0.497 e. The number of nitrogens with one attached hydrogen (secondary N) is 1. The second-order valence-corrected chi connectivity index (χ2v) is 7.68. The van der Waals surface area contributed by atoms with Crippen molar-refractivity contribution in [3.05, 3.63) is 107 Å². The molecule has 0 spiro atoms. The molecule has 0 aliphatic carbocycles. The van der Waals surface area contributed by atoms with Gasteiger partial charge in [-0.3, -0.25) is 0 Å². The molecule has 3 heterocycles. The summed E-state index contributed by atoms with van der Waals surface area (Å²) in [5.74, 6) is 1.71. The maximum Gasteiger partial charge on any atom is 0.226 e. The van der Waals surface area contributed by atoms with Gasteiger partial charge in [-0.15, -0.1) is 0 Å². The lowest BCUT2D eigenvalue weighted by atomic mass is 9.84. The van der Waals surface area contributed by atoms with Crippen LogP contribution in [0.3, 0.4) is 0 Å². The SMILES string of the molecule is COc1cccc([C@@H]2Oc3ccccc3C3=C2[C@H](c2ccccc2F)n2ncnc2N3)c1. The molecule has 0 amide bonds. The van der Waals surface area contributed by atoms with Crippen molar-refractivity contribution in [2.75, 3.05) is 12.4 Å². The topological polar surface area (TPSA) is 61.2 Å². The number of para-hydroxylation sites is 1. The van der Waals surface area contributed by atoms with Gasteiger partial charge in [0, 0.05) is 22.3 Å². The standard InChI is InChI=1S/C25H19FN4O2/c1-31-16-8-6-7-15(13-16)24-21-22(18-10-3-5-12-20(18)32-24)29-25-27-14-28-30(25)23(21)17-9-2-4-11-19(17)26/h2-14,23-24H,1H3,(H,27,28,29)/t23-,24-/m0/s1. The highest BCUT2D eigenvalue weighted by Crippen LogP contribution is 2.51. The molecule has 0 saturated heterocycles. The third kappa shape index (κ3) is 2.78. The van der Waals surface area contributed by atoms with Gasteiger partial charge < -0.3 is 14.8 Å². The number of hydrogen-bond donors (Lipinski definition) is 1. The van der Waals surface area contributed by atoms with Gasteiger partial charge in [0.15, 0.2) is 0 Å². The van der Waals surface area contributed by atoms with Gasteiger partial charge in [-0.05, 0) is 30.3 Å². The molecule has 0 radical (unpaired) electrons. The fourth-order valence-electron chi connectivity index (χ4n) is 4.49. The van der Waals surface area contributed by atoms with Gasteiger partial charge in [-0.2, -0.15) is 10.1 Å². The van der Waals surface area contributed by atoms with E-state index >= 15 is 4.39 Å². The molecule has 1 N–H and O–H groups in total. The molecule has 7 heteroatoms. The van der Waals surface area contributed by atoms with Crippen LogP contribution in [0.25, 0.3) is 5.70 Å². The maximum atomic E-state index is 15.1. The molecular formula is C25H19FN4O2. The molecule has 2 atom stereocenters. The molecule has 2 aliphatic heterocycles. The Bertz CT molecular complexity index is 1360. The van der Waals surface area contributed by atoms with Crippen LogP contribution in [0.4, 0.5) is 10.3 Å². The fraction of sp³-hybridized carbons (Fsp3) is 0.120. The molecule has 3 aromatic carbocycles. The summed E-state index contributed by atoms with van der Waals surface area (Å²) in [5.41, 5.74) is 4.02. The number of methoxy groups -OCH3 is 1. The summed E-state index contributed by atoms with van der Waals surface area (Å²) in [6, 6.07) is 21.8. The van der Waals surface area contributed by atoms with Gasteiger partial charge >= 0.3 is 0 Å². The quantitative estimate of drug-likeness (QED) is 0.500. The molecule has 6 rings (SSSR count). The Morgan fingerprint density at radius 3 is 2.75 bits per heavy atom. The zero-order valence-electron chi connectivity index (χ0n) is 17.2. The molecule has 1 aromatic heterocycles. The number of rotatable bonds is 3. The first-order chi connectivity index (χ1) is 15.7. The van der Waals surface area contributed by atoms with Gasteiger partial charge in [-0.25, -0.2) is 9.07 Å². The van der Waals surface area contributed by atoms with E-state index in [1.807, 2.05) is 54.6 Å². The summed E-state index contributed by atoms with van der Waals surface area (Å²) < 4.78 is 28.8. The smallest absolute Gasteiger partial charge is 0.226 e. The van der Waals surface area contributed by atoms with Crippen molar-refractivity contribution in [2.24, 2.45) is 0 Å². The summed E-state index contributed by atoms with van der Waals surface area (Å²) in [6.45, 7) is 0. The van der Waals surface area contributed by atoms with Gasteiger partial charge in [-0.1, -0.05) is 42.5 Å². The normalized spacial score (nSPS) is 18.7. The molecule has 2 aliphatic rings. The van der Waals surface area contributed by atoms with Crippen molar-refractivity contribution in [2.45, 2.75) is 12.1 Å². The van der Waals surface area contributed by atoms with Crippen LogP contribution in [0.15, 0.2) is 84.7 Å². The lowest BCUT2D eigenvalue weighted by molar-refractivity contribution is 0.222. The number of ether oxygens (including phenoxy) is 2. The lowest BCUT2D eigenvalue weighted by Crippen LogP contribution is -2.32. The van der Waals surface area contributed by atoms with Crippen molar-refractivity contribution in [3.63, 3.8) is 0 Å². The summed E-state index contributed by atoms with van der Waals surface area (Å²) in [7, 11) is 1.63. The van der Waals surface area contributed by atoms with Gasteiger partial charge in [0.05, 0.1) is 12.8 Å². The number of benzene rings is 3. The molecule has 158 valence electrons. The monoisotopic (exact) mass is 426 g/mol. The first-order valence-electron chi connectivity index (χ1n) is 10.3. The number of anilines is 1. The Morgan fingerprint density at radius 1 is 1.03 bits per heavy atom. The number of hydrogen-bond acceptors (Lipinski definition) is 5. The van der Waals surface area contributed by atoms with Crippen molar-refractivity contribution < 1.29 is 13.9 Å². The van der Waals surface area contributed by atoms with Crippen LogP contribution in [-0.4, -0.2) is 21.9 Å². The van der Waals surface area contributed by atoms with Gasteiger partial charge in [0.25, 0.3) is 0 Å². The average molecular weight is 426 g/mol.